The van der Waals surface area contributed by atoms with E-state index in [1.54, 1.807) is 12.5 Å². The van der Waals surface area contributed by atoms with Gasteiger partial charge in [0.05, 0.1) is 0 Å². The maximum absolute atomic E-state index is 6.92. The Labute approximate surface area is 468 Å². The second-order valence-electron chi connectivity index (χ2n) is 23.3. The maximum atomic E-state index is 6.92. The molecule has 10 aromatic rings. The fraction of sp³-hybridized carbons (Fsp3) is 0.235. The van der Waals surface area contributed by atoms with Gasteiger partial charge in [-0.1, -0.05) is 0 Å². The summed E-state index contributed by atoms with van der Waals surface area (Å²) in [6, 6.07) is 45.5. The molecule has 2 aliphatic carbocycles. The average molecular weight is 1140 g/mol. The zero-order valence-electron chi connectivity index (χ0n) is 45.6. The first-order chi connectivity index (χ1) is 35.4. The molecule has 4 nitrogen and oxygen atoms in total. The van der Waals surface area contributed by atoms with E-state index in [0.29, 0.717) is 0 Å². The number of hydrogen-bond donors (Lipinski definition) is 0. The van der Waals surface area contributed by atoms with E-state index in [4.69, 9.17) is 17.7 Å². The molecule has 8 heteroatoms. The summed E-state index contributed by atoms with van der Waals surface area (Å²) in [4.78, 5) is 0. The van der Waals surface area contributed by atoms with E-state index in [9.17, 15) is 0 Å². The van der Waals surface area contributed by atoms with E-state index in [0.717, 1.165) is 55.7 Å². The minimum absolute atomic E-state index is 0. The van der Waals surface area contributed by atoms with Crippen molar-refractivity contribution in [3.63, 3.8) is 0 Å². The summed E-state index contributed by atoms with van der Waals surface area (Å²) in [6.07, 6.45) is 12.6. The van der Waals surface area contributed by atoms with Gasteiger partial charge in [-0.2, -0.15) is 0 Å². The number of aryl methyl sites for hydroxylation is 2. The van der Waals surface area contributed by atoms with Crippen LogP contribution in [0.4, 0.5) is 0 Å². The first-order valence-corrected chi connectivity index (χ1v) is 35.2. The first-order valence-electron chi connectivity index (χ1n) is 26.1. The molecule has 76 heavy (non-hydrogen) atoms. The van der Waals surface area contributed by atoms with Crippen LogP contribution < -0.4 is 24.8 Å². The van der Waals surface area contributed by atoms with Crippen LogP contribution in [0.2, 0.25) is 13.1 Å². The third-order valence-electron chi connectivity index (χ3n) is 16.3. The molecule has 0 radical (unpaired) electrons. The molecule has 382 valence electrons. The number of fused-ring (bicyclic) bond motifs is 4. The SMILES string of the molecule is Cc1cc2c(c(-c3ccc(C(C)(C)C)cc3)c1C)C=C(c1cc(-c3ccc4occc4c3)co1)[CH]2[Zr+2]([CH]1C(c2cc(-c3ccc4occc4c3)co2)=Cc2c1cc(C)c(C)c2-c1ccc(C(C)(C)C)cc1)=[Si](C)C.[Cl-].[Cl-]. The molecule has 0 spiro atoms. The second kappa shape index (κ2) is 20.2. The minimum Gasteiger partial charge on any atom is -1.00 e. The average Bonchev–Trinajstić information content (AvgIpc) is 4.29. The molecule has 0 amide bonds. The summed E-state index contributed by atoms with van der Waals surface area (Å²) >= 11 is -2.99. The van der Waals surface area contributed by atoms with Gasteiger partial charge in [-0.05, 0) is 0 Å². The molecule has 0 aliphatic heterocycles. The smallest absolute Gasteiger partial charge is 1.00 e. The Balaban J connectivity index is 0.00000328. The molecule has 12 rings (SSSR count). The minimum atomic E-state index is -2.99. The van der Waals surface area contributed by atoms with Gasteiger partial charge in [0.2, 0.25) is 0 Å². The monoisotopic (exact) mass is 1130 g/mol. The summed E-state index contributed by atoms with van der Waals surface area (Å²) in [5.41, 5.74) is 26.7. The molecule has 0 saturated heterocycles. The van der Waals surface area contributed by atoms with Gasteiger partial charge in [0.1, 0.15) is 0 Å². The van der Waals surface area contributed by atoms with Gasteiger partial charge in [0.25, 0.3) is 0 Å². The van der Waals surface area contributed by atoms with Crippen molar-refractivity contribution >= 4 is 50.7 Å². The van der Waals surface area contributed by atoms with Gasteiger partial charge < -0.3 is 24.8 Å². The van der Waals surface area contributed by atoms with Crippen LogP contribution in [-0.4, -0.2) is 5.43 Å². The topological polar surface area (TPSA) is 52.6 Å². The van der Waals surface area contributed by atoms with Gasteiger partial charge in [-0.3, -0.25) is 0 Å². The van der Waals surface area contributed by atoms with Crippen molar-refractivity contribution in [1.29, 1.82) is 0 Å². The molecular formula is C68H64Cl2O4SiZr. The first kappa shape index (κ1) is 53.5. The molecule has 6 aromatic carbocycles. The molecule has 0 bridgehead atoms. The number of furan rings is 4. The maximum Gasteiger partial charge on any atom is -1.00 e. The van der Waals surface area contributed by atoms with Gasteiger partial charge in [-0.15, -0.1) is 0 Å². The zero-order chi connectivity index (χ0) is 51.5. The van der Waals surface area contributed by atoms with E-state index in [1.165, 1.54) is 89.0 Å². The van der Waals surface area contributed by atoms with Crippen molar-refractivity contribution in [1.82, 2.24) is 0 Å². The summed E-state index contributed by atoms with van der Waals surface area (Å²) in [6.45, 7) is 28.3. The van der Waals surface area contributed by atoms with Crippen LogP contribution in [0.15, 0.2) is 164 Å². The summed E-state index contributed by atoms with van der Waals surface area (Å²) in [5, 5.41) is 2.17. The molecule has 0 saturated carbocycles. The second-order valence-corrected chi connectivity index (χ2v) is 41.2. The van der Waals surface area contributed by atoms with Crippen LogP contribution in [0, 0.1) is 27.7 Å². The van der Waals surface area contributed by atoms with Gasteiger partial charge in [0, 0.05) is 0 Å². The van der Waals surface area contributed by atoms with Crippen LogP contribution in [-0.2, 0) is 31.2 Å². The van der Waals surface area contributed by atoms with Crippen molar-refractivity contribution in [2.45, 2.75) is 100 Å². The van der Waals surface area contributed by atoms with Crippen LogP contribution in [0.3, 0.4) is 0 Å². The third kappa shape index (κ3) is 9.25. The fourth-order valence-corrected chi connectivity index (χ4v) is 31.7. The number of benzene rings is 6. The van der Waals surface area contributed by atoms with Gasteiger partial charge >= 0.3 is 447 Å². The standard InChI is InChI=1S/2C33H29O2.C2H6Si.2ClH.Zr/c2*1-20-14-25-16-26(31-18-27(19-35-31)23-8-11-30-24(15-23)12-13-34-30)17-29(25)32(21(20)2)22-6-9-28(10-7-22)33(3,4)5;1-3-2;;;/h2*6-19H,1-5H3;1-2H3;2*1H;/q;;;;;+2/p-2. The Hall–Kier alpha value is -5.88. The normalized spacial score (nSPS) is 14.9. The third-order valence-corrected chi connectivity index (χ3v) is 35.5. The van der Waals surface area contributed by atoms with Crippen LogP contribution >= 0.6 is 0 Å². The Morgan fingerprint density at radius 3 is 1.18 bits per heavy atom. The predicted octanol–water partition coefficient (Wildman–Crippen LogP) is 13.6. The van der Waals surface area contributed by atoms with Crippen molar-refractivity contribution in [2.75, 3.05) is 0 Å². The van der Waals surface area contributed by atoms with Crippen molar-refractivity contribution in [3.8, 4) is 44.5 Å². The molecule has 0 fully saturated rings. The quantitative estimate of drug-likeness (QED) is 0.142. The summed E-state index contributed by atoms with van der Waals surface area (Å²) < 4.78 is 25.8. The Kier molecular flexibility index (Phi) is 14.2. The fourth-order valence-electron chi connectivity index (χ4n) is 12.0. The Morgan fingerprint density at radius 2 is 0.816 bits per heavy atom. The zero-order valence-corrected chi connectivity index (χ0v) is 50.5. The van der Waals surface area contributed by atoms with E-state index in [2.05, 4.69) is 204 Å². The van der Waals surface area contributed by atoms with Gasteiger partial charge in [0.15, 0.2) is 0 Å². The van der Waals surface area contributed by atoms with E-state index >= 15 is 0 Å². The van der Waals surface area contributed by atoms with Crippen molar-refractivity contribution in [2.24, 2.45) is 0 Å². The number of rotatable bonds is 8. The number of hydrogen-bond acceptors (Lipinski definition) is 4. The van der Waals surface area contributed by atoms with Crippen molar-refractivity contribution < 1.29 is 62.8 Å². The van der Waals surface area contributed by atoms with Crippen LogP contribution in [0.25, 0.3) is 89.7 Å². The molecule has 0 N–H and O–H groups in total. The number of allylic oxidation sites excluding steroid dienone is 2. The predicted molar refractivity (Wildman–Crippen MR) is 307 cm³/mol. The van der Waals surface area contributed by atoms with Crippen LogP contribution in [0.1, 0.15) is 116 Å². The van der Waals surface area contributed by atoms with Gasteiger partial charge in [-0.25, -0.2) is 0 Å². The number of halogens is 2. The molecule has 2 atom stereocenters. The Morgan fingerprint density at radius 1 is 0.434 bits per heavy atom. The van der Waals surface area contributed by atoms with Crippen molar-refractivity contribution in [3.05, 3.63) is 214 Å². The molecule has 2 unspecified atom stereocenters. The largest absolute Gasteiger partial charge is 1.00 e. The molecule has 4 heterocycles. The van der Waals surface area contributed by atoms with E-state index < -0.39 is 25.8 Å². The van der Waals surface area contributed by atoms with E-state index in [1.807, 2.05) is 24.7 Å². The van der Waals surface area contributed by atoms with Crippen LogP contribution in [0.5, 0.6) is 0 Å². The van der Waals surface area contributed by atoms with E-state index in [-0.39, 0.29) is 42.9 Å². The summed E-state index contributed by atoms with van der Waals surface area (Å²) in [7, 11) is 0. The molecule has 2 aliphatic rings. The summed E-state index contributed by atoms with van der Waals surface area (Å²) in [5.74, 6) is 1.91. The molecular weight excluding hydrogens is 1070 g/mol. The Bertz CT molecular complexity index is 3730. The molecule has 4 aromatic heterocycles.